The van der Waals surface area contributed by atoms with Crippen LogP contribution in [0.1, 0.15) is 0 Å². The molecule has 0 saturated carbocycles. The van der Waals surface area contributed by atoms with Crippen LogP contribution in [0, 0.1) is 0 Å². The van der Waals surface area contributed by atoms with Crippen LogP contribution >= 0.6 is 55.1 Å². The average molecular weight is 341 g/mol. The van der Waals surface area contributed by atoms with Crippen LogP contribution in [0.15, 0.2) is 0 Å². The topological polar surface area (TPSA) is 34.1 Å². The minimum Gasteiger partial charge on any atom is -0.297 e. The zero-order valence-corrected chi connectivity index (χ0v) is 10.6. The third-order valence-corrected chi connectivity index (χ3v) is 3.79. The summed E-state index contributed by atoms with van der Waals surface area (Å²) in [5, 5.41) is -0.714. The van der Waals surface area contributed by atoms with E-state index in [0.717, 1.165) is 0 Å². The maximum atomic E-state index is 11.0. The van der Waals surface area contributed by atoms with Gasteiger partial charge in [0, 0.05) is 0 Å². The van der Waals surface area contributed by atoms with Gasteiger partial charge in [0.1, 0.15) is 5.38 Å². The van der Waals surface area contributed by atoms with E-state index in [9.17, 15) is 9.59 Å². The molecule has 0 aliphatic carbocycles. The molecule has 0 aromatic rings. The monoisotopic (exact) mass is 338 g/mol. The summed E-state index contributed by atoms with van der Waals surface area (Å²) in [7, 11) is 0. The molecule has 2 nitrogen and oxygen atoms in total. The quantitative estimate of drug-likeness (QED) is 0.718. The van der Waals surface area contributed by atoms with Crippen molar-refractivity contribution in [2.45, 2.75) is 10.2 Å². The molecule has 0 radical (unpaired) electrons. The smallest absolute Gasteiger partial charge is 0.166 e. The van der Waals surface area contributed by atoms with Crippen LogP contribution in [0.25, 0.3) is 0 Å². The molecule has 0 rings (SSSR count). The van der Waals surface area contributed by atoms with Crippen LogP contribution in [0.2, 0.25) is 0 Å². The van der Waals surface area contributed by atoms with Gasteiger partial charge in [0.05, 0.1) is 16.0 Å². The lowest BCUT2D eigenvalue weighted by Crippen LogP contribution is -2.32. The van der Waals surface area contributed by atoms with Crippen LogP contribution in [-0.2, 0) is 9.59 Å². The average Bonchev–Trinajstić information content (AvgIpc) is 2.12. The number of ketones is 2. The minimum absolute atomic E-state index is 0.168. The van der Waals surface area contributed by atoms with Gasteiger partial charge in [-0.05, 0) is 0 Å². The number of halogens is 4. The van der Waals surface area contributed by atoms with E-state index in [1.807, 2.05) is 0 Å². The van der Waals surface area contributed by atoms with Gasteiger partial charge in [-0.2, -0.15) is 0 Å². The van der Waals surface area contributed by atoms with Crippen LogP contribution in [0.4, 0.5) is 0 Å². The third kappa shape index (κ3) is 3.73. The lowest BCUT2D eigenvalue weighted by Gasteiger charge is -2.11. The van der Waals surface area contributed by atoms with Gasteiger partial charge in [-0.3, -0.25) is 9.59 Å². The van der Waals surface area contributed by atoms with Crippen molar-refractivity contribution in [3.8, 4) is 0 Å². The number of carbonyl (C=O) groups excluding carboxylic acids is 2. The van der Waals surface area contributed by atoms with Crippen LogP contribution < -0.4 is 0 Å². The Hall–Kier alpha value is 0.880. The highest BCUT2D eigenvalue weighted by molar-refractivity contribution is 9.10. The molecule has 70 valence electrons. The fourth-order valence-electron chi connectivity index (χ4n) is 0.474. The van der Waals surface area contributed by atoms with Crippen LogP contribution in [0.3, 0.4) is 0 Å². The van der Waals surface area contributed by atoms with E-state index in [-0.39, 0.29) is 22.8 Å². The number of carbonyl (C=O) groups is 2. The lowest BCUT2D eigenvalue weighted by molar-refractivity contribution is -0.120. The van der Waals surface area contributed by atoms with E-state index in [2.05, 4.69) is 31.9 Å². The molecular weight excluding hydrogens is 335 g/mol. The highest BCUT2D eigenvalue weighted by atomic mass is 79.9. The summed E-state index contributed by atoms with van der Waals surface area (Å²) in [6, 6.07) is 0. The van der Waals surface area contributed by atoms with Gasteiger partial charge >= 0.3 is 0 Å². The fraction of sp³-hybridized carbons (Fsp3) is 0.667. The Bertz CT molecular complexity index is 166. The van der Waals surface area contributed by atoms with Crippen molar-refractivity contribution < 1.29 is 9.59 Å². The minimum atomic E-state index is -0.882. The molecule has 12 heavy (non-hydrogen) atoms. The molecule has 0 fully saturated rings. The summed E-state index contributed by atoms with van der Waals surface area (Å²) in [6.07, 6.45) is 0. The van der Waals surface area contributed by atoms with Crippen LogP contribution in [-0.4, -0.2) is 33.0 Å². The second kappa shape index (κ2) is 6.35. The Morgan fingerprint density at radius 3 is 2.17 bits per heavy atom. The number of rotatable bonds is 5. The van der Waals surface area contributed by atoms with Crippen molar-refractivity contribution in [2.75, 3.05) is 11.2 Å². The number of hydrogen-bond acceptors (Lipinski definition) is 2. The van der Waals surface area contributed by atoms with Gasteiger partial charge in [-0.1, -0.05) is 31.9 Å². The SMILES string of the molecule is O=C(CCl)C(Cl)C(Br)C(=O)CBr. The molecule has 0 N–H and O–H groups in total. The number of alkyl halides is 4. The molecule has 0 bridgehead atoms. The van der Waals surface area contributed by atoms with Gasteiger partial charge < -0.3 is 0 Å². The Kier molecular flexibility index (Phi) is 6.82. The molecule has 0 aromatic carbocycles. The first-order valence-electron chi connectivity index (χ1n) is 3.00. The molecule has 0 spiro atoms. The summed E-state index contributed by atoms with van der Waals surface area (Å²) >= 11 is 16.9. The Morgan fingerprint density at radius 1 is 1.33 bits per heavy atom. The van der Waals surface area contributed by atoms with Crippen molar-refractivity contribution in [1.82, 2.24) is 0 Å². The maximum absolute atomic E-state index is 11.0. The van der Waals surface area contributed by atoms with E-state index in [0.29, 0.717) is 0 Å². The van der Waals surface area contributed by atoms with E-state index in [4.69, 9.17) is 23.2 Å². The molecule has 0 aliphatic rings. The summed E-state index contributed by atoms with van der Waals surface area (Å²) in [5.41, 5.74) is 0. The van der Waals surface area contributed by atoms with E-state index in [1.165, 1.54) is 0 Å². The zero-order chi connectivity index (χ0) is 9.72. The van der Waals surface area contributed by atoms with Gasteiger partial charge in [0.2, 0.25) is 0 Å². The van der Waals surface area contributed by atoms with Crippen molar-refractivity contribution in [3.05, 3.63) is 0 Å². The maximum Gasteiger partial charge on any atom is 0.166 e. The van der Waals surface area contributed by atoms with Gasteiger partial charge in [-0.15, -0.1) is 23.2 Å². The van der Waals surface area contributed by atoms with Crippen molar-refractivity contribution >= 4 is 66.6 Å². The predicted octanol–water partition coefficient (Wildman–Crippen LogP) is 2.13. The largest absolute Gasteiger partial charge is 0.297 e. The second-order valence-corrected chi connectivity index (χ2v) is 4.29. The molecule has 6 heteroatoms. The van der Waals surface area contributed by atoms with Crippen molar-refractivity contribution in [1.29, 1.82) is 0 Å². The highest BCUT2D eigenvalue weighted by Gasteiger charge is 2.28. The van der Waals surface area contributed by atoms with Crippen molar-refractivity contribution in [2.24, 2.45) is 0 Å². The first kappa shape index (κ1) is 12.9. The van der Waals surface area contributed by atoms with Gasteiger partial charge in [-0.25, -0.2) is 0 Å². The molecule has 0 heterocycles. The van der Waals surface area contributed by atoms with E-state index >= 15 is 0 Å². The third-order valence-electron chi connectivity index (χ3n) is 1.14. The molecule has 2 unspecified atom stereocenters. The number of Topliss-reactive ketones (excluding diaryl/α,β-unsaturated/α-hetero) is 2. The summed E-state index contributed by atoms with van der Waals surface area (Å²) in [4.78, 5) is 21.3. The Labute approximate surface area is 97.2 Å². The first-order chi connectivity index (χ1) is 5.54. The van der Waals surface area contributed by atoms with Crippen LogP contribution in [0.5, 0.6) is 0 Å². The Morgan fingerprint density at radius 2 is 1.83 bits per heavy atom. The Balaban J connectivity index is 4.18. The summed E-state index contributed by atoms with van der Waals surface area (Å²) < 4.78 is 0. The molecule has 0 aliphatic heterocycles. The predicted molar refractivity (Wildman–Crippen MR) is 56.9 cm³/mol. The number of hydrogen-bond donors (Lipinski definition) is 0. The fourth-order valence-corrected chi connectivity index (χ4v) is 2.18. The summed E-state index contributed by atoms with van der Waals surface area (Å²) in [5.74, 6) is -0.700. The second-order valence-electron chi connectivity index (χ2n) is 2.00. The highest BCUT2D eigenvalue weighted by Crippen LogP contribution is 2.16. The van der Waals surface area contributed by atoms with Gasteiger partial charge in [0.25, 0.3) is 0 Å². The normalized spacial score (nSPS) is 15.3. The molecular formula is C6H6Br2Cl2O2. The molecule has 0 amide bonds. The van der Waals surface area contributed by atoms with E-state index in [1.54, 1.807) is 0 Å². The molecule has 2 atom stereocenters. The van der Waals surface area contributed by atoms with Crippen molar-refractivity contribution in [3.63, 3.8) is 0 Å². The summed E-state index contributed by atoms with van der Waals surface area (Å²) in [6.45, 7) is 0. The molecule has 0 aromatic heterocycles. The molecule has 0 saturated heterocycles. The van der Waals surface area contributed by atoms with E-state index < -0.39 is 10.2 Å². The van der Waals surface area contributed by atoms with Gasteiger partial charge in [0.15, 0.2) is 11.6 Å². The first-order valence-corrected chi connectivity index (χ1v) is 6.01. The lowest BCUT2D eigenvalue weighted by atomic mass is 10.2. The zero-order valence-electron chi connectivity index (χ0n) is 5.90. The standard InChI is InChI=1S/C6H6Br2Cl2O2/c7-1-3(11)5(8)6(10)4(12)2-9/h5-6H,1-2H2.